The Bertz CT molecular complexity index is 238. The molecule has 0 amide bonds. The fraction of sp³-hybridized carbons (Fsp3) is 0.778. The number of carboxylic acid groups (broad SMARTS) is 2. The van der Waals surface area contributed by atoms with Crippen molar-refractivity contribution in [1.29, 1.82) is 0 Å². The van der Waals surface area contributed by atoms with Gasteiger partial charge in [-0.05, 0) is 26.7 Å². The first kappa shape index (κ1) is 11.0. The van der Waals surface area contributed by atoms with Crippen molar-refractivity contribution in [3.05, 3.63) is 0 Å². The lowest BCUT2D eigenvalue weighted by atomic mass is 9.81. The van der Waals surface area contributed by atoms with Crippen LogP contribution in [0.3, 0.4) is 0 Å². The Labute approximate surface area is 82.1 Å². The van der Waals surface area contributed by atoms with Gasteiger partial charge in [-0.1, -0.05) is 0 Å². The lowest BCUT2D eigenvalue weighted by Gasteiger charge is -2.38. The molecule has 0 aromatic heterocycles. The maximum absolute atomic E-state index is 10.8. The second-order valence-electron chi connectivity index (χ2n) is 4.39. The fourth-order valence-corrected chi connectivity index (χ4v) is 1.92. The first-order valence-corrected chi connectivity index (χ1v) is 4.55. The van der Waals surface area contributed by atoms with Gasteiger partial charge in [-0.15, -0.1) is 0 Å². The molecule has 0 aromatic rings. The summed E-state index contributed by atoms with van der Waals surface area (Å²) in [5.74, 6) is -2.46. The monoisotopic (exact) mass is 201 g/mol. The lowest BCUT2D eigenvalue weighted by Crippen LogP contribution is -2.56. The van der Waals surface area contributed by atoms with Gasteiger partial charge in [0.2, 0.25) is 0 Å². The van der Waals surface area contributed by atoms with Crippen molar-refractivity contribution in [1.82, 2.24) is 5.32 Å². The number of hydrogen-bond acceptors (Lipinski definition) is 3. The van der Waals surface area contributed by atoms with E-state index in [9.17, 15) is 9.59 Å². The van der Waals surface area contributed by atoms with Crippen molar-refractivity contribution in [2.75, 3.05) is 0 Å². The average molecular weight is 201 g/mol. The molecule has 0 aromatic carbocycles. The molecule has 0 aliphatic carbocycles. The highest BCUT2D eigenvalue weighted by Crippen LogP contribution is 2.27. The van der Waals surface area contributed by atoms with E-state index in [1.807, 2.05) is 13.8 Å². The average Bonchev–Trinajstić information content (AvgIpc) is 2.01. The van der Waals surface area contributed by atoms with Gasteiger partial charge in [-0.3, -0.25) is 14.9 Å². The van der Waals surface area contributed by atoms with Crippen LogP contribution in [0, 0.1) is 5.92 Å². The number of aliphatic carboxylic acids is 2. The summed E-state index contributed by atoms with van der Waals surface area (Å²) < 4.78 is 0. The van der Waals surface area contributed by atoms with Gasteiger partial charge >= 0.3 is 11.9 Å². The van der Waals surface area contributed by atoms with Crippen LogP contribution in [0.25, 0.3) is 0 Å². The van der Waals surface area contributed by atoms with Gasteiger partial charge in [-0.2, -0.15) is 0 Å². The number of nitrogens with one attached hydrogen (secondary N) is 1. The van der Waals surface area contributed by atoms with E-state index >= 15 is 0 Å². The van der Waals surface area contributed by atoms with Gasteiger partial charge in [0.25, 0.3) is 0 Å². The maximum Gasteiger partial charge on any atom is 0.320 e. The van der Waals surface area contributed by atoms with Crippen molar-refractivity contribution in [3.8, 4) is 0 Å². The first-order chi connectivity index (χ1) is 6.32. The third-order valence-corrected chi connectivity index (χ3v) is 2.49. The molecule has 80 valence electrons. The zero-order valence-electron chi connectivity index (χ0n) is 8.28. The van der Waals surface area contributed by atoms with Crippen LogP contribution in [-0.2, 0) is 9.59 Å². The molecule has 0 radical (unpaired) electrons. The molecule has 3 N–H and O–H groups in total. The third kappa shape index (κ3) is 2.45. The topological polar surface area (TPSA) is 86.6 Å². The van der Waals surface area contributed by atoms with E-state index < -0.39 is 29.4 Å². The van der Waals surface area contributed by atoms with E-state index in [0.717, 1.165) is 0 Å². The minimum atomic E-state index is -0.982. The Morgan fingerprint density at radius 1 is 1.29 bits per heavy atom. The van der Waals surface area contributed by atoms with E-state index in [-0.39, 0.29) is 6.42 Å². The van der Waals surface area contributed by atoms with Crippen LogP contribution in [0.4, 0.5) is 0 Å². The van der Waals surface area contributed by atoms with Gasteiger partial charge in [0.1, 0.15) is 6.04 Å². The van der Waals surface area contributed by atoms with Crippen LogP contribution >= 0.6 is 0 Å². The van der Waals surface area contributed by atoms with Crippen molar-refractivity contribution in [2.24, 2.45) is 5.92 Å². The van der Waals surface area contributed by atoms with Crippen LogP contribution in [0.1, 0.15) is 26.7 Å². The van der Waals surface area contributed by atoms with Crippen molar-refractivity contribution in [3.63, 3.8) is 0 Å². The number of rotatable bonds is 2. The smallest absolute Gasteiger partial charge is 0.320 e. The Morgan fingerprint density at radius 3 is 2.29 bits per heavy atom. The molecule has 0 spiro atoms. The minimum absolute atomic E-state index is 0.161. The van der Waals surface area contributed by atoms with E-state index in [1.165, 1.54) is 0 Å². The Morgan fingerprint density at radius 2 is 1.86 bits per heavy atom. The zero-order valence-corrected chi connectivity index (χ0v) is 8.28. The molecule has 1 saturated heterocycles. The van der Waals surface area contributed by atoms with E-state index in [1.54, 1.807) is 0 Å². The highest BCUT2D eigenvalue weighted by molar-refractivity contribution is 5.77. The van der Waals surface area contributed by atoms with Gasteiger partial charge in [0.05, 0.1) is 5.92 Å². The summed E-state index contributed by atoms with van der Waals surface area (Å²) in [6.45, 7) is 3.64. The van der Waals surface area contributed by atoms with E-state index in [2.05, 4.69) is 5.32 Å². The standard InChI is InChI=1S/C9H15NO4/c1-9(2)4-5(7(11)12)3-6(10-9)8(13)14/h5-6,10H,3-4H2,1-2H3,(H,11,12)(H,13,14)/t5-,6-/m1/s1. The Kier molecular flexibility index (Phi) is 2.80. The quantitative estimate of drug-likeness (QED) is 0.598. The van der Waals surface area contributed by atoms with Crippen LogP contribution in [-0.4, -0.2) is 33.7 Å². The van der Waals surface area contributed by atoms with Gasteiger partial charge in [-0.25, -0.2) is 0 Å². The molecule has 1 aliphatic rings. The second-order valence-corrected chi connectivity index (χ2v) is 4.39. The molecule has 5 heteroatoms. The summed E-state index contributed by atoms with van der Waals surface area (Å²) in [5.41, 5.74) is -0.426. The highest BCUT2D eigenvalue weighted by atomic mass is 16.4. The SMILES string of the molecule is CC1(C)C[C@H](C(=O)O)C[C@H](C(=O)O)N1. The molecular weight excluding hydrogens is 186 g/mol. The predicted molar refractivity (Wildman–Crippen MR) is 49.0 cm³/mol. The first-order valence-electron chi connectivity index (χ1n) is 4.55. The molecule has 2 atom stereocenters. The molecule has 5 nitrogen and oxygen atoms in total. The largest absolute Gasteiger partial charge is 0.481 e. The number of hydrogen-bond donors (Lipinski definition) is 3. The summed E-state index contributed by atoms with van der Waals surface area (Å²) in [4.78, 5) is 21.5. The lowest BCUT2D eigenvalue weighted by molar-refractivity contribution is -0.147. The summed E-state index contributed by atoms with van der Waals surface area (Å²) in [5, 5.41) is 20.6. The van der Waals surface area contributed by atoms with Crippen LogP contribution in [0.15, 0.2) is 0 Å². The Hall–Kier alpha value is -1.10. The zero-order chi connectivity index (χ0) is 10.9. The molecule has 0 saturated carbocycles. The van der Waals surface area contributed by atoms with Crippen molar-refractivity contribution >= 4 is 11.9 Å². The molecule has 1 heterocycles. The van der Waals surface area contributed by atoms with Crippen LogP contribution in [0.2, 0.25) is 0 Å². The molecule has 0 bridgehead atoms. The van der Waals surface area contributed by atoms with Gasteiger partial charge in [0, 0.05) is 5.54 Å². The summed E-state index contributed by atoms with van der Waals surface area (Å²) >= 11 is 0. The fourth-order valence-electron chi connectivity index (χ4n) is 1.92. The number of piperidine rings is 1. The van der Waals surface area contributed by atoms with E-state index in [0.29, 0.717) is 6.42 Å². The van der Waals surface area contributed by atoms with Crippen LogP contribution < -0.4 is 5.32 Å². The number of carbonyl (C=O) groups is 2. The van der Waals surface area contributed by atoms with Gasteiger partial charge in [0.15, 0.2) is 0 Å². The summed E-state index contributed by atoms with van der Waals surface area (Å²) in [7, 11) is 0. The van der Waals surface area contributed by atoms with Crippen LogP contribution in [0.5, 0.6) is 0 Å². The molecule has 14 heavy (non-hydrogen) atoms. The molecule has 0 unspecified atom stereocenters. The second kappa shape index (κ2) is 3.57. The van der Waals surface area contributed by atoms with E-state index in [4.69, 9.17) is 10.2 Å². The van der Waals surface area contributed by atoms with Gasteiger partial charge < -0.3 is 10.2 Å². The maximum atomic E-state index is 10.8. The Balaban J connectivity index is 2.77. The molecule has 1 rings (SSSR count). The van der Waals surface area contributed by atoms with Crippen molar-refractivity contribution < 1.29 is 19.8 Å². The molecular formula is C9H15NO4. The predicted octanol–water partition coefficient (Wildman–Crippen LogP) is 0.302. The summed E-state index contributed by atoms with van der Waals surface area (Å²) in [6, 6.07) is -0.750. The molecule has 1 aliphatic heterocycles. The number of carboxylic acids is 2. The summed E-state index contributed by atoms with van der Waals surface area (Å²) in [6.07, 6.45) is 0.625. The normalized spacial score (nSPS) is 31.0. The highest BCUT2D eigenvalue weighted by Gasteiger charge is 2.39. The van der Waals surface area contributed by atoms with Crippen molar-refractivity contribution in [2.45, 2.75) is 38.3 Å². The third-order valence-electron chi connectivity index (χ3n) is 2.49. The minimum Gasteiger partial charge on any atom is -0.481 e. The molecule has 1 fully saturated rings.